The Hall–Kier alpha value is -1.39. The third-order valence-electron chi connectivity index (χ3n) is 2.76. The number of amides is 1. The van der Waals surface area contributed by atoms with Gasteiger partial charge in [0, 0.05) is 21.6 Å². The molecule has 104 valence electrons. The minimum Gasteiger partial charge on any atom is -0.352 e. The Morgan fingerprint density at radius 1 is 1.20 bits per heavy atom. The first-order valence-electron chi connectivity index (χ1n) is 5.99. The highest BCUT2D eigenvalue weighted by Gasteiger charge is 2.06. The molecule has 0 heterocycles. The summed E-state index contributed by atoms with van der Waals surface area (Å²) in [7, 11) is 0. The average molecular weight is 357 g/mol. The van der Waals surface area contributed by atoms with E-state index in [0.717, 1.165) is 10.0 Å². The number of hydrogen-bond donors (Lipinski definition) is 1. The van der Waals surface area contributed by atoms with Crippen molar-refractivity contribution in [1.82, 2.24) is 5.32 Å². The second-order valence-corrected chi connectivity index (χ2v) is 5.67. The fourth-order valence-corrected chi connectivity index (χ4v) is 2.26. The lowest BCUT2D eigenvalue weighted by molar-refractivity contribution is -0.120. The van der Waals surface area contributed by atoms with Crippen molar-refractivity contribution in [3.63, 3.8) is 0 Å². The van der Waals surface area contributed by atoms with Gasteiger partial charge in [0.1, 0.15) is 5.82 Å². The SMILES string of the molecule is O=C(Cc1ccc(Cl)cc1)NCc1cc(Br)ccc1F. The molecule has 2 aromatic carbocycles. The van der Waals surface area contributed by atoms with Gasteiger partial charge in [0.15, 0.2) is 0 Å². The van der Waals surface area contributed by atoms with Gasteiger partial charge in [-0.25, -0.2) is 4.39 Å². The zero-order chi connectivity index (χ0) is 14.5. The molecule has 1 amide bonds. The van der Waals surface area contributed by atoms with E-state index in [1.54, 1.807) is 36.4 Å². The van der Waals surface area contributed by atoms with Gasteiger partial charge in [0.2, 0.25) is 5.91 Å². The molecule has 0 unspecified atom stereocenters. The van der Waals surface area contributed by atoms with Crippen LogP contribution in [0.2, 0.25) is 5.02 Å². The van der Waals surface area contributed by atoms with Crippen molar-refractivity contribution in [2.45, 2.75) is 13.0 Å². The summed E-state index contributed by atoms with van der Waals surface area (Å²) in [6.07, 6.45) is 0.243. The monoisotopic (exact) mass is 355 g/mol. The van der Waals surface area contributed by atoms with Crippen LogP contribution in [0.15, 0.2) is 46.9 Å². The van der Waals surface area contributed by atoms with E-state index in [4.69, 9.17) is 11.6 Å². The highest BCUT2D eigenvalue weighted by atomic mass is 79.9. The van der Waals surface area contributed by atoms with Crippen molar-refractivity contribution in [1.29, 1.82) is 0 Å². The molecule has 0 saturated heterocycles. The summed E-state index contributed by atoms with van der Waals surface area (Å²) in [5, 5.41) is 3.33. The molecule has 0 fully saturated rings. The van der Waals surface area contributed by atoms with E-state index in [-0.39, 0.29) is 24.7 Å². The minimum atomic E-state index is -0.333. The molecule has 0 radical (unpaired) electrons. The Morgan fingerprint density at radius 3 is 2.60 bits per heavy atom. The predicted octanol–water partition coefficient (Wildman–Crippen LogP) is 4.10. The molecule has 1 N–H and O–H groups in total. The molecule has 0 aliphatic carbocycles. The number of carbonyl (C=O) groups excluding carboxylic acids is 1. The van der Waals surface area contributed by atoms with Gasteiger partial charge in [-0.2, -0.15) is 0 Å². The van der Waals surface area contributed by atoms with Gasteiger partial charge in [-0.1, -0.05) is 39.7 Å². The Bertz CT molecular complexity index is 616. The second-order valence-electron chi connectivity index (χ2n) is 4.32. The zero-order valence-corrected chi connectivity index (χ0v) is 12.8. The molecule has 0 aliphatic heterocycles. The van der Waals surface area contributed by atoms with Gasteiger partial charge in [0.25, 0.3) is 0 Å². The maximum absolute atomic E-state index is 13.5. The number of carbonyl (C=O) groups is 1. The molecule has 2 nitrogen and oxygen atoms in total. The lowest BCUT2D eigenvalue weighted by Gasteiger charge is -2.07. The lowest BCUT2D eigenvalue weighted by atomic mass is 10.1. The molecular formula is C15H12BrClFNO. The van der Waals surface area contributed by atoms with Gasteiger partial charge < -0.3 is 5.32 Å². The average Bonchev–Trinajstić information content (AvgIpc) is 2.42. The van der Waals surface area contributed by atoms with Gasteiger partial charge in [-0.15, -0.1) is 0 Å². The summed E-state index contributed by atoms with van der Waals surface area (Å²) in [6.45, 7) is 0.164. The van der Waals surface area contributed by atoms with E-state index in [0.29, 0.717) is 10.6 Å². The van der Waals surface area contributed by atoms with E-state index in [1.165, 1.54) is 6.07 Å². The highest BCUT2D eigenvalue weighted by Crippen LogP contribution is 2.15. The van der Waals surface area contributed by atoms with Crippen molar-refractivity contribution < 1.29 is 9.18 Å². The van der Waals surface area contributed by atoms with E-state index in [1.807, 2.05) is 0 Å². The third-order valence-corrected chi connectivity index (χ3v) is 3.51. The van der Waals surface area contributed by atoms with Crippen molar-refractivity contribution in [3.05, 3.63) is 68.9 Å². The standard InChI is InChI=1S/C15H12BrClFNO/c16-12-3-6-14(18)11(8-12)9-19-15(20)7-10-1-4-13(17)5-2-10/h1-6,8H,7,9H2,(H,19,20). The van der Waals surface area contributed by atoms with Crippen molar-refractivity contribution in [3.8, 4) is 0 Å². The number of rotatable bonds is 4. The second kappa shape index (κ2) is 6.86. The van der Waals surface area contributed by atoms with Crippen molar-refractivity contribution in [2.75, 3.05) is 0 Å². The Morgan fingerprint density at radius 2 is 1.90 bits per heavy atom. The molecule has 2 aromatic rings. The van der Waals surface area contributed by atoms with Crippen LogP contribution < -0.4 is 5.32 Å². The summed E-state index contributed by atoms with van der Waals surface area (Å²) >= 11 is 9.05. The molecule has 0 saturated carbocycles. The van der Waals surface area contributed by atoms with Crippen LogP contribution >= 0.6 is 27.5 Å². The maximum atomic E-state index is 13.5. The molecule has 0 aromatic heterocycles. The van der Waals surface area contributed by atoms with Gasteiger partial charge in [-0.05, 0) is 35.9 Å². The first kappa shape index (κ1) is 15.0. The van der Waals surface area contributed by atoms with Crippen LogP contribution in [-0.4, -0.2) is 5.91 Å². The summed E-state index contributed by atoms with van der Waals surface area (Å²) in [6, 6.07) is 11.7. The highest BCUT2D eigenvalue weighted by molar-refractivity contribution is 9.10. The molecule has 0 spiro atoms. The van der Waals surface area contributed by atoms with E-state index in [2.05, 4.69) is 21.2 Å². The van der Waals surface area contributed by atoms with E-state index >= 15 is 0 Å². The van der Waals surface area contributed by atoms with Crippen LogP contribution in [0.3, 0.4) is 0 Å². The molecule has 20 heavy (non-hydrogen) atoms. The molecule has 0 bridgehead atoms. The predicted molar refractivity (Wildman–Crippen MR) is 81.1 cm³/mol. The fourth-order valence-electron chi connectivity index (χ4n) is 1.72. The largest absolute Gasteiger partial charge is 0.352 e. The van der Waals surface area contributed by atoms with Gasteiger partial charge >= 0.3 is 0 Å². The zero-order valence-electron chi connectivity index (χ0n) is 10.5. The van der Waals surface area contributed by atoms with Crippen LogP contribution in [0.25, 0.3) is 0 Å². The van der Waals surface area contributed by atoms with Crippen LogP contribution in [-0.2, 0) is 17.8 Å². The topological polar surface area (TPSA) is 29.1 Å². The van der Waals surface area contributed by atoms with Crippen LogP contribution in [0, 0.1) is 5.82 Å². The lowest BCUT2D eigenvalue weighted by Crippen LogP contribution is -2.25. The van der Waals surface area contributed by atoms with Crippen LogP contribution in [0.5, 0.6) is 0 Å². The minimum absolute atomic E-state index is 0.160. The third kappa shape index (κ3) is 4.32. The van der Waals surface area contributed by atoms with Gasteiger partial charge in [0.05, 0.1) is 6.42 Å². The fraction of sp³-hybridized carbons (Fsp3) is 0.133. The number of nitrogens with one attached hydrogen (secondary N) is 1. The van der Waals surface area contributed by atoms with Gasteiger partial charge in [-0.3, -0.25) is 4.79 Å². The number of hydrogen-bond acceptors (Lipinski definition) is 1. The Balaban J connectivity index is 1.92. The van der Waals surface area contributed by atoms with Crippen LogP contribution in [0.1, 0.15) is 11.1 Å². The Kier molecular flexibility index (Phi) is 5.15. The molecule has 5 heteroatoms. The van der Waals surface area contributed by atoms with E-state index < -0.39 is 0 Å². The maximum Gasteiger partial charge on any atom is 0.224 e. The normalized spacial score (nSPS) is 10.3. The smallest absolute Gasteiger partial charge is 0.224 e. The van der Waals surface area contributed by atoms with Crippen molar-refractivity contribution in [2.24, 2.45) is 0 Å². The quantitative estimate of drug-likeness (QED) is 0.878. The van der Waals surface area contributed by atoms with Crippen molar-refractivity contribution >= 4 is 33.4 Å². The first-order valence-corrected chi connectivity index (χ1v) is 7.17. The molecular weight excluding hydrogens is 345 g/mol. The number of halogens is 3. The summed E-state index contributed by atoms with van der Waals surface area (Å²) in [5.74, 6) is -0.494. The molecule has 0 atom stereocenters. The molecule has 0 aliphatic rings. The van der Waals surface area contributed by atoms with Crippen LogP contribution in [0.4, 0.5) is 4.39 Å². The number of benzene rings is 2. The molecule has 2 rings (SSSR count). The van der Waals surface area contributed by atoms with E-state index in [9.17, 15) is 9.18 Å². The summed E-state index contributed by atoms with van der Waals surface area (Å²) in [5.41, 5.74) is 1.31. The summed E-state index contributed by atoms with van der Waals surface area (Å²) in [4.78, 5) is 11.8. The summed E-state index contributed by atoms with van der Waals surface area (Å²) < 4.78 is 14.3. The first-order chi connectivity index (χ1) is 9.54. The Labute approximate surface area is 130 Å².